The quantitative estimate of drug-likeness (QED) is 0.672. The van der Waals surface area contributed by atoms with Gasteiger partial charge in [0.2, 0.25) is 0 Å². The molecule has 110 valence electrons. The zero-order chi connectivity index (χ0) is 14.5. The van der Waals surface area contributed by atoms with E-state index in [1.54, 1.807) is 0 Å². The van der Waals surface area contributed by atoms with Crippen LogP contribution in [-0.4, -0.2) is 23.4 Å². The first-order valence-corrected chi connectivity index (χ1v) is 8.72. The van der Waals surface area contributed by atoms with Crippen molar-refractivity contribution in [2.45, 2.75) is 52.0 Å². The van der Waals surface area contributed by atoms with Gasteiger partial charge in [-0.05, 0) is 66.0 Å². The van der Waals surface area contributed by atoms with Gasteiger partial charge in [-0.2, -0.15) is 0 Å². The average molecular weight is 385 g/mol. The first-order chi connectivity index (χ1) is 9.58. The molecule has 1 aliphatic rings. The van der Waals surface area contributed by atoms with Gasteiger partial charge >= 0.3 is 0 Å². The van der Waals surface area contributed by atoms with Crippen molar-refractivity contribution in [2.24, 2.45) is 5.92 Å². The Hall–Kier alpha value is -0.580. The van der Waals surface area contributed by atoms with Crippen LogP contribution >= 0.6 is 22.6 Å². The first kappa shape index (κ1) is 15.8. The molecule has 3 heteroatoms. The summed E-state index contributed by atoms with van der Waals surface area (Å²) in [6.07, 6.45) is 5.97. The van der Waals surface area contributed by atoms with Gasteiger partial charge in [0, 0.05) is 21.7 Å². The highest BCUT2D eigenvalue weighted by molar-refractivity contribution is 14.1. The van der Waals surface area contributed by atoms with Gasteiger partial charge < -0.3 is 4.90 Å². The molecule has 0 saturated heterocycles. The van der Waals surface area contributed by atoms with Crippen molar-refractivity contribution < 1.29 is 4.79 Å². The van der Waals surface area contributed by atoms with E-state index in [1.165, 1.54) is 25.7 Å². The zero-order valence-corrected chi connectivity index (χ0v) is 14.6. The van der Waals surface area contributed by atoms with Gasteiger partial charge in [-0.1, -0.05) is 32.8 Å². The number of nitrogens with zero attached hydrogens (tertiary/aromatic N) is 1. The molecule has 1 saturated carbocycles. The summed E-state index contributed by atoms with van der Waals surface area (Å²) < 4.78 is 1.13. The number of carbonyl (C=O) groups excluding carboxylic acids is 1. The topological polar surface area (TPSA) is 20.3 Å². The highest BCUT2D eigenvalue weighted by atomic mass is 127. The molecule has 0 N–H and O–H groups in total. The van der Waals surface area contributed by atoms with E-state index in [9.17, 15) is 4.79 Å². The summed E-state index contributed by atoms with van der Waals surface area (Å²) in [5.74, 6) is 0.860. The van der Waals surface area contributed by atoms with E-state index in [1.807, 2.05) is 24.3 Å². The lowest BCUT2D eigenvalue weighted by Gasteiger charge is -2.30. The van der Waals surface area contributed by atoms with Crippen LogP contribution in [0.25, 0.3) is 0 Å². The molecule has 1 aromatic carbocycles. The monoisotopic (exact) mass is 385 g/mol. The number of hydrogen-bond donors (Lipinski definition) is 0. The van der Waals surface area contributed by atoms with Gasteiger partial charge in [0.25, 0.3) is 5.91 Å². The molecule has 0 aromatic heterocycles. The second kappa shape index (κ2) is 7.43. The Morgan fingerprint density at radius 2 is 2.05 bits per heavy atom. The predicted octanol–water partition coefficient (Wildman–Crippen LogP) is 4.72. The molecule has 0 bridgehead atoms. The third-order valence-corrected chi connectivity index (χ3v) is 4.72. The Balaban J connectivity index is 2.14. The Labute approximate surface area is 136 Å². The van der Waals surface area contributed by atoms with Crippen LogP contribution in [0.1, 0.15) is 56.3 Å². The van der Waals surface area contributed by atoms with E-state index < -0.39 is 0 Å². The Bertz CT molecular complexity index is 452. The van der Waals surface area contributed by atoms with Crippen LogP contribution in [0.15, 0.2) is 24.3 Å². The SMILES string of the molecule is CC(C)CCN(C(=O)c1cccc(I)c1)C1CCCC1. The summed E-state index contributed by atoms with van der Waals surface area (Å²) in [6.45, 7) is 5.35. The van der Waals surface area contributed by atoms with E-state index in [0.29, 0.717) is 12.0 Å². The third kappa shape index (κ3) is 4.21. The van der Waals surface area contributed by atoms with E-state index in [4.69, 9.17) is 0 Å². The van der Waals surface area contributed by atoms with Gasteiger partial charge in [-0.15, -0.1) is 0 Å². The maximum atomic E-state index is 12.8. The van der Waals surface area contributed by atoms with Crippen molar-refractivity contribution in [2.75, 3.05) is 6.54 Å². The lowest BCUT2D eigenvalue weighted by molar-refractivity contribution is 0.0672. The highest BCUT2D eigenvalue weighted by Crippen LogP contribution is 2.26. The van der Waals surface area contributed by atoms with Crippen LogP contribution in [0.3, 0.4) is 0 Å². The summed E-state index contributed by atoms with van der Waals surface area (Å²) in [4.78, 5) is 15.0. The smallest absolute Gasteiger partial charge is 0.254 e. The van der Waals surface area contributed by atoms with E-state index in [2.05, 4.69) is 41.3 Å². The van der Waals surface area contributed by atoms with Crippen LogP contribution in [0, 0.1) is 9.49 Å². The summed E-state index contributed by atoms with van der Waals surface area (Å²) >= 11 is 2.27. The molecule has 0 radical (unpaired) electrons. The normalized spacial score (nSPS) is 15.8. The minimum atomic E-state index is 0.219. The summed E-state index contributed by atoms with van der Waals surface area (Å²) in [5.41, 5.74) is 0.840. The maximum Gasteiger partial charge on any atom is 0.254 e. The lowest BCUT2D eigenvalue weighted by atomic mass is 10.1. The number of hydrogen-bond acceptors (Lipinski definition) is 1. The van der Waals surface area contributed by atoms with Gasteiger partial charge in [0.15, 0.2) is 0 Å². The first-order valence-electron chi connectivity index (χ1n) is 7.64. The Morgan fingerprint density at radius 3 is 2.65 bits per heavy atom. The third-order valence-electron chi connectivity index (χ3n) is 4.05. The second-order valence-electron chi connectivity index (χ2n) is 6.13. The van der Waals surface area contributed by atoms with Crippen LogP contribution in [0.4, 0.5) is 0 Å². The summed E-state index contributed by atoms with van der Waals surface area (Å²) in [5, 5.41) is 0. The minimum Gasteiger partial charge on any atom is -0.336 e. The largest absolute Gasteiger partial charge is 0.336 e. The van der Waals surface area contributed by atoms with Crippen molar-refractivity contribution in [3.05, 3.63) is 33.4 Å². The Kier molecular flexibility index (Phi) is 5.87. The zero-order valence-electron chi connectivity index (χ0n) is 12.4. The molecular formula is C17H24INO. The molecule has 1 fully saturated rings. The van der Waals surface area contributed by atoms with Gasteiger partial charge in [-0.3, -0.25) is 4.79 Å². The number of carbonyl (C=O) groups is 1. The average Bonchev–Trinajstić information content (AvgIpc) is 2.92. The predicted molar refractivity (Wildman–Crippen MR) is 91.9 cm³/mol. The van der Waals surface area contributed by atoms with E-state index >= 15 is 0 Å². The molecule has 2 rings (SSSR count). The highest BCUT2D eigenvalue weighted by Gasteiger charge is 2.27. The van der Waals surface area contributed by atoms with Gasteiger partial charge in [0.1, 0.15) is 0 Å². The van der Waals surface area contributed by atoms with E-state index in [-0.39, 0.29) is 5.91 Å². The molecule has 20 heavy (non-hydrogen) atoms. The second-order valence-corrected chi connectivity index (χ2v) is 7.38. The van der Waals surface area contributed by atoms with E-state index in [0.717, 1.165) is 22.1 Å². The molecular weight excluding hydrogens is 361 g/mol. The number of rotatable bonds is 5. The summed E-state index contributed by atoms with van der Waals surface area (Å²) in [6, 6.07) is 8.41. The van der Waals surface area contributed by atoms with Gasteiger partial charge in [-0.25, -0.2) is 0 Å². The summed E-state index contributed by atoms with van der Waals surface area (Å²) in [7, 11) is 0. The van der Waals surface area contributed by atoms with Gasteiger partial charge in [0.05, 0.1) is 0 Å². The van der Waals surface area contributed by atoms with Crippen molar-refractivity contribution in [1.29, 1.82) is 0 Å². The molecule has 0 atom stereocenters. The standard InChI is InChI=1S/C17H24INO/c1-13(2)10-11-19(16-8-3-4-9-16)17(20)14-6-5-7-15(18)12-14/h5-7,12-13,16H,3-4,8-11H2,1-2H3. The number of benzene rings is 1. The minimum absolute atomic E-state index is 0.219. The van der Waals surface area contributed by atoms with Crippen molar-refractivity contribution in [3.63, 3.8) is 0 Å². The van der Waals surface area contributed by atoms with Crippen molar-refractivity contribution >= 4 is 28.5 Å². The molecule has 0 heterocycles. The Morgan fingerprint density at radius 1 is 1.35 bits per heavy atom. The molecule has 0 spiro atoms. The fraction of sp³-hybridized carbons (Fsp3) is 0.588. The molecule has 0 unspecified atom stereocenters. The molecule has 1 aromatic rings. The lowest BCUT2D eigenvalue weighted by Crippen LogP contribution is -2.40. The number of halogens is 1. The maximum absolute atomic E-state index is 12.8. The van der Waals surface area contributed by atoms with Crippen molar-refractivity contribution in [1.82, 2.24) is 4.90 Å². The van der Waals surface area contributed by atoms with Crippen LogP contribution in [0.5, 0.6) is 0 Å². The molecule has 1 amide bonds. The molecule has 2 nitrogen and oxygen atoms in total. The fourth-order valence-corrected chi connectivity index (χ4v) is 3.39. The number of amides is 1. The van der Waals surface area contributed by atoms with Crippen LogP contribution in [-0.2, 0) is 0 Å². The molecule has 1 aliphatic carbocycles. The van der Waals surface area contributed by atoms with Crippen molar-refractivity contribution in [3.8, 4) is 0 Å². The fourth-order valence-electron chi connectivity index (χ4n) is 2.85. The van der Waals surface area contributed by atoms with Crippen LogP contribution in [0.2, 0.25) is 0 Å². The molecule has 0 aliphatic heterocycles. The van der Waals surface area contributed by atoms with Crippen LogP contribution < -0.4 is 0 Å².